The van der Waals surface area contributed by atoms with Crippen molar-refractivity contribution in [3.8, 4) is 5.75 Å². The molecule has 3 nitrogen and oxygen atoms in total. The number of hydrogen-bond acceptors (Lipinski definition) is 3. The number of aliphatic hydroxyl groups excluding tert-OH is 1. The smallest absolute Gasteiger partial charge is 0.139 e. The van der Waals surface area contributed by atoms with Crippen LogP contribution in [0.5, 0.6) is 5.75 Å². The minimum Gasteiger partial charge on any atom is -0.495 e. The van der Waals surface area contributed by atoms with Crippen molar-refractivity contribution in [2.75, 3.05) is 19.2 Å². The van der Waals surface area contributed by atoms with Gasteiger partial charge in [-0.05, 0) is 12.1 Å². The van der Waals surface area contributed by atoms with Crippen LogP contribution in [0.25, 0.3) is 0 Å². The van der Waals surface area contributed by atoms with Crippen LogP contribution < -0.4 is 10.1 Å². The van der Waals surface area contributed by atoms with Crippen LogP contribution in [0.4, 0.5) is 5.69 Å². The van der Waals surface area contributed by atoms with E-state index in [1.165, 1.54) is 7.11 Å². The van der Waals surface area contributed by atoms with Crippen molar-refractivity contribution in [1.29, 1.82) is 0 Å². The van der Waals surface area contributed by atoms with Crippen molar-refractivity contribution < 1.29 is 9.84 Å². The third kappa shape index (κ3) is 2.18. The van der Waals surface area contributed by atoms with E-state index in [1.54, 1.807) is 12.1 Å². The van der Waals surface area contributed by atoms with Crippen molar-refractivity contribution in [1.82, 2.24) is 0 Å². The van der Waals surface area contributed by atoms with Crippen LogP contribution in [0, 0.1) is 0 Å². The molecule has 0 aliphatic rings. The van der Waals surface area contributed by atoms with Gasteiger partial charge in [0.05, 0.1) is 17.8 Å². The molecule has 0 saturated heterocycles. The van der Waals surface area contributed by atoms with Gasteiger partial charge >= 0.3 is 0 Å². The molecule has 0 aliphatic heterocycles. The lowest BCUT2D eigenvalue weighted by atomic mass is 10.3. The molecule has 0 saturated carbocycles. The van der Waals surface area contributed by atoms with Crippen molar-refractivity contribution in [2.24, 2.45) is 0 Å². The van der Waals surface area contributed by atoms with Gasteiger partial charge in [0.25, 0.3) is 0 Å². The number of aliphatic hydroxyl groups is 1. The maximum atomic E-state index is 8.62. The van der Waals surface area contributed by atoms with Crippen LogP contribution in [0.15, 0.2) is 12.1 Å². The number of halogens is 2. The summed E-state index contributed by atoms with van der Waals surface area (Å²) in [5.74, 6) is 0.509. The van der Waals surface area contributed by atoms with Crippen molar-refractivity contribution in [2.45, 2.75) is 0 Å². The van der Waals surface area contributed by atoms with E-state index < -0.39 is 0 Å². The highest BCUT2D eigenvalue weighted by molar-refractivity contribution is 6.44. The lowest BCUT2D eigenvalue weighted by Gasteiger charge is -2.09. The molecular formula is C8H9Cl2NO2. The monoisotopic (exact) mass is 221 g/mol. The number of ether oxygens (including phenoxy) is 1. The van der Waals surface area contributed by atoms with Gasteiger partial charge < -0.3 is 15.2 Å². The summed E-state index contributed by atoms with van der Waals surface area (Å²) in [6.07, 6.45) is 0. The van der Waals surface area contributed by atoms with Crippen molar-refractivity contribution >= 4 is 28.9 Å². The molecule has 0 radical (unpaired) electrons. The molecule has 0 aliphatic carbocycles. The van der Waals surface area contributed by atoms with Crippen LogP contribution in [-0.4, -0.2) is 18.9 Å². The number of nitrogens with one attached hydrogen (secondary N) is 1. The van der Waals surface area contributed by atoms with Crippen molar-refractivity contribution in [3.05, 3.63) is 22.2 Å². The molecule has 0 unspecified atom stereocenters. The molecule has 1 aromatic carbocycles. The zero-order valence-corrected chi connectivity index (χ0v) is 8.49. The van der Waals surface area contributed by atoms with E-state index in [1.807, 2.05) is 0 Å². The Hall–Kier alpha value is -0.640. The Morgan fingerprint density at radius 1 is 1.38 bits per heavy atom. The van der Waals surface area contributed by atoms with Crippen LogP contribution in [0.3, 0.4) is 0 Å². The maximum Gasteiger partial charge on any atom is 0.139 e. The summed E-state index contributed by atoms with van der Waals surface area (Å²) in [6.45, 7) is -0.192. The molecule has 2 N–H and O–H groups in total. The Morgan fingerprint density at radius 2 is 2.08 bits per heavy atom. The summed E-state index contributed by atoms with van der Waals surface area (Å²) in [5, 5.41) is 11.9. The minimum atomic E-state index is -0.192. The van der Waals surface area contributed by atoms with E-state index in [-0.39, 0.29) is 6.73 Å². The van der Waals surface area contributed by atoms with Gasteiger partial charge in [-0.2, -0.15) is 0 Å². The van der Waals surface area contributed by atoms with Crippen LogP contribution in [0.2, 0.25) is 10.0 Å². The van der Waals surface area contributed by atoms with E-state index >= 15 is 0 Å². The van der Waals surface area contributed by atoms with Crippen LogP contribution >= 0.6 is 23.2 Å². The van der Waals surface area contributed by atoms with E-state index in [9.17, 15) is 0 Å². The van der Waals surface area contributed by atoms with Gasteiger partial charge in [0.2, 0.25) is 0 Å². The fraction of sp³-hybridized carbons (Fsp3) is 0.250. The predicted molar refractivity (Wildman–Crippen MR) is 53.7 cm³/mol. The zero-order chi connectivity index (χ0) is 9.84. The summed E-state index contributed by atoms with van der Waals surface area (Å²) in [7, 11) is 1.51. The van der Waals surface area contributed by atoms with Gasteiger partial charge in [0, 0.05) is 0 Å². The maximum absolute atomic E-state index is 8.62. The highest BCUT2D eigenvalue weighted by atomic mass is 35.5. The van der Waals surface area contributed by atoms with Crippen LogP contribution in [-0.2, 0) is 0 Å². The van der Waals surface area contributed by atoms with Gasteiger partial charge in [-0.15, -0.1) is 0 Å². The molecule has 0 aromatic heterocycles. The topological polar surface area (TPSA) is 41.5 Å². The summed E-state index contributed by atoms with van der Waals surface area (Å²) < 4.78 is 4.95. The summed E-state index contributed by atoms with van der Waals surface area (Å²) >= 11 is 11.7. The molecule has 1 aromatic rings. The Balaban J connectivity index is 3.07. The first kappa shape index (κ1) is 10.4. The Kier molecular flexibility index (Phi) is 3.66. The van der Waals surface area contributed by atoms with E-state index in [0.717, 1.165) is 0 Å². The molecule has 72 valence electrons. The first-order valence-electron chi connectivity index (χ1n) is 3.57. The summed E-state index contributed by atoms with van der Waals surface area (Å²) in [5.41, 5.74) is 0.579. The first-order chi connectivity index (χ1) is 6.20. The SMILES string of the molecule is COc1ccc(NCO)c(Cl)c1Cl. The largest absolute Gasteiger partial charge is 0.495 e. The fourth-order valence-electron chi connectivity index (χ4n) is 0.911. The van der Waals surface area contributed by atoms with Gasteiger partial charge in [-0.3, -0.25) is 0 Å². The minimum absolute atomic E-state index is 0.192. The number of anilines is 1. The Morgan fingerprint density at radius 3 is 2.62 bits per heavy atom. The molecular weight excluding hydrogens is 213 g/mol. The lowest BCUT2D eigenvalue weighted by molar-refractivity contribution is 0.325. The third-order valence-electron chi connectivity index (χ3n) is 1.54. The molecule has 0 fully saturated rings. The standard InChI is InChI=1S/C8H9Cl2NO2/c1-13-6-3-2-5(11-4-12)7(9)8(6)10/h2-3,11-12H,4H2,1H3. The van der Waals surface area contributed by atoms with Crippen molar-refractivity contribution in [3.63, 3.8) is 0 Å². The highest BCUT2D eigenvalue weighted by Gasteiger charge is 2.09. The second kappa shape index (κ2) is 4.56. The molecule has 0 amide bonds. The van der Waals surface area contributed by atoms with E-state index in [4.69, 9.17) is 33.0 Å². The molecule has 0 heterocycles. The van der Waals surface area contributed by atoms with E-state index in [0.29, 0.717) is 21.5 Å². The number of methoxy groups -OCH3 is 1. The molecule has 1 rings (SSSR count). The highest BCUT2D eigenvalue weighted by Crippen LogP contribution is 2.36. The molecule has 13 heavy (non-hydrogen) atoms. The fourth-order valence-corrected chi connectivity index (χ4v) is 1.38. The first-order valence-corrected chi connectivity index (χ1v) is 4.33. The molecule has 0 atom stereocenters. The Bertz CT molecular complexity index is 304. The number of rotatable bonds is 3. The van der Waals surface area contributed by atoms with Gasteiger partial charge in [0.1, 0.15) is 17.5 Å². The summed E-state index contributed by atoms with van der Waals surface area (Å²) in [6, 6.07) is 3.36. The normalized spacial score (nSPS) is 9.85. The summed E-state index contributed by atoms with van der Waals surface area (Å²) in [4.78, 5) is 0. The van der Waals surface area contributed by atoms with E-state index in [2.05, 4.69) is 5.32 Å². The number of hydrogen-bond donors (Lipinski definition) is 2. The zero-order valence-electron chi connectivity index (χ0n) is 6.97. The molecule has 5 heteroatoms. The third-order valence-corrected chi connectivity index (χ3v) is 2.40. The second-order valence-electron chi connectivity index (χ2n) is 2.28. The molecule has 0 bridgehead atoms. The van der Waals surface area contributed by atoms with Gasteiger partial charge in [-0.1, -0.05) is 23.2 Å². The van der Waals surface area contributed by atoms with Gasteiger partial charge in [0.15, 0.2) is 0 Å². The number of benzene rings is 1. The second-order valence-corrected chi connectivity index (χ2v) is 3.03. The lowest BCUT2D eigenvalue weighted by Crippen LogP contribution is -2.00. The molecule has 0 spiro atoms. The van der Waals surface area contributed by atoms with Gasteiger partial charge in [-0.25, -0.2) is 0 Å². The quantitative estimate of drug-likeness (QED) is 0.771. The Labute approximate surface area is 86.2 Å². The predicted octanol–water partition coefficient (Wildman–Crippen LogP) is 2.36. The average molecular weight is 222 g/mol. The average Bonchev–Trinajstić information content (AvgIpc) is 2.14. The van der Waals surface area contributed by atoms with Crippen LogP contribution in [0.1, 0.15) is 0 Å².